The molecule has 0 aromatic heterocycles. The highest BCUT2D eigenvalue weighted by Gasteiger charge is 2.23. The number of benzene rings is 1. The van der Waals surface area contributed by atoms with Gasteiger partial charge < -0.3 is 10.0 Å². The fourth-order valence-corrected chi connectivity index (χ4v) is 2.84. The average Bonchev–Trinajstić information content (AvgIpc) is 2.77. The summed E-state index contributed by atoms with van der Waals surface area (Å²) >= 11 is 0. The van der Waals surface area contributed by atoms with E-state index in [4.69, 9.17) is 5.11 Å². The monoisotopic (exact) mass is 247 g/mol. The van der Waals surface area contributed by atoms with Gasteiger partial charge in [0, 0.05) is 18.8 Å². The van der Waals surface area contributed by atoms with E-state index < -0.39 is 5.97 Å². The van der Waals surface area contributed by atoms with E-state index in [1.165, 1.54) is 24.9 Å². The Morgan fingerprint density at radius 3 is 2.89 bits per heavy atom. The summed E-state index contributed by atoms with van der Waals surface area (Å²) in [5.41, 5.74) is 2.63. The molecule has 1 saturated heterocycles. The molecule has 0 aliphatic carbocycles. The molecule has 1 aliphatic heterocycles. The molecule has 18 heavy (non-hydrogen) atoms. The molecule has 1 aromatic rings. The molecule has 0 spiro atoms. The molecule has 3 heteroatoms. The van der Waals surface area contributed by atoms with Gasteiger partial charge in [0.1, 0.15) is 0 Å². The Labute approximate surface area is 108 Å². The lowest BCUT2D eigenvalue weighted by atomic mass is 10.0. The van der Waals surface area contributed by atoms with Crippen LogP contribution in [0.2, 0.25) is 0 Å². The largest absolute Gasteiger partial charge is 0.478 e. The van der Waals surface area contributed by atoms with Gasteiger partial charge in [-0.15, -0.1) is 0 Å². The van der Waals surface area contributed by atoms with E-state index in [0.29, 0.717) is 5.56 Å². The molecular weight excluding hydrogens is 226 g/mol. The Hall–Kier alpha value is -1.51. The molecule has 0 radical (unpaired) electrons. The quantitative estimate of drug-likeness (QED) is 0.887. The second-order valence-electron chi connectivity index (χ2n) is 5.20. The minimum atomic E-state index is -0.852. The van der Waals surface area contributed by atoms with Crippen LogP contribution in [0.3, 0.4) is 0 Å². The van der Waals surface area contributed by atoms with Crippen LogP contribution in [0.15, 0.2) is 18.2 Å². The van der Waals surface area contributed by atoms with E-state index in [-0.39, 0.29) is 0 Å². The lowest BCUT2D eigenvalue weighted by molar-refractivity contribution is 0.0697. The van der Waals surface area contributed by atoms with E-state index in [1.807, 2.05) is 13.0 Å². The lowest BCUT2D eigenvalue weighted by Gasteiger charge is -2.21. The van der Waals surface area contributed by atoms with Gasteiger partial charge in [0.15, 0.2) is 0 Å². The molecule has 98 valence electrons. The number of hydrogen-bond acceptors (Lipinski definition) is 2. The van der Waals surface area contributed by atoms with Crippen molar-refractivity contribution in [1.82, 2.24) is 0 Å². The van der Waals surface area contributed by atoms with Gasteiger partial charge in [0.25, 0.3) is 0 Å². The average molecular weight is 247 g/mol. The predicted octanol–water partition coefficient (Wildman–Crippen LogP) is 3.32. The molecule has 1 N–H and O–H groups in total. The van der Waals surface area contributed by atoms with E-state index >= 15 is 0 Å². The first-order valence-corrected chi connectivity index (χ1v) is 6.70. The maximum Gasteiger partial charge on any atom is 0.335 e. The van der Waals surface area contributed by atoms with Crippen molar-refractivity contribution in [3.63, 3.8) is 0 Å². The molecule has 0 bridgehead atoms. The van der Waals surface area contributed by atoms with Crippen LogP contribution in [-0.2, 0) is 0 Å². The number of carboxylic acids is 1. The van der Waals surface area contributed by atoms with Gasteiger partial charge in [-0.25, -0.2) is 4.79 Å². The second-order valence-corrected chi connectivity index (χ2v) is 5.20. The third-order valence-corrected chi connectivity index (χ3v) is 3.77. The standard InChI is InChI=1S/C15H21NO2/c1-3-4-12-7-8-16(10-12)14-6-5-13(15(17)18)9-11(14)2/h5-6,9,12H,3-4,7-8,10H2,1-2H3,(H,17,18). The van der Waals surface area contributed by atoms with Crippen molar-refractivity contribution in [2.75, 3.05) is 18.0 Å². The summed E-state index contributed by atoms with van der Waals surface area (Å²) in [6.07, 6.45) is 3.80. The summed E-state index contributed by atoms with van der Waals surface area (Å²) in [5, 5.41) is 8.96. The number of aromatic carboxylic acids is 1. The Balaban J connectivity index is 2.12. The number of nitrogens with zero attached hydrogens (tertiary/aromatic N) is 1. The molecule has 2 rings (SSSR count). The summed E-state index contributed by atoms with van der Waals surface area (Å²) in [6, 6.07) is 5.43. The summed E-state index contributed by atoms with van der Waals surface area (Å²) in [5.74, 6) is -0.0523. The Kier molecular flexibility index (Phi) is 3.90. The van der Waals surface area contributed by atoms with Gasteiger partial charge in [-0.1, -0.05) is 13.3 Å². The number of aryl methyl sites for hydroxylation is 1. The lowest BCUT2D eigenvalue weighted by Crippen LogP contribution is -2.20. The zero-order valence-electron chi connectivity index (χ0n) is 11.1. The summed E-state index contributed by atoms with van der Waals surface area (Å²) in [4.78, 5) is 13.3. The van der Waals surface area contributed by atoms with Crippen molar-refractivity contribution in [3.8, 4) is 0 Å². The van der Waals surface area contributed by atoms with E-state index in [9.17, 15) is 4.79 Å². The fraction of sp³-hybridized carbons (Fsp3) is 0.533. The second kappa shape index (κ2) is 5.42. The number of carbonyl (C=O) groups is 1. The number of carboxylic acid groups (broad SMARTS) is 1. The van der Waals surface area contributed by atoms with Crippen LogP contribution in [-0.4, -0.2) is 24.2 Å². The number of hydrogen-bond donors (Lipinski definition) is 1. The molecule has 1 heterocycles. The normalized spacial score (nSPS) is 19.2. The fourth-order valence-electron chi connectivity index (χ4n) is 2.84. The molecule has 1 atom stereocenters. The summed E-state index contributed by atoms with van der Waals surface area (Å²) in [7, 11) is 0. The minimum absolute atomic E-state index is 0.376. The van der Waals surface area contributed by atoms with Crippen molar-refractivity contribution in [2.45, 2.75) is 33.1 Å². The van der Waals surface area contributed by atoms with Crippen LogP contribution in [0.25, 0.3) is 0 Å². The van der Waals surface area contributed by atoms with Crippen LogP contribution in [0.4, 0.5) is 5.69 Å². The highest BCUT2D eigenvalue weighted by atomic mass is 16.4. The maximum atomic E-state index is 10.9. The van der Waals surface area contributed by atoms with Crippen molar-refractivity contribution in [1.29, 1.82) is 0 Å². The van der Waals surface area contributed by atoms with Crippen molar-refractivity contribution < 1.29 is 9.90 Å². The Morgan fingerprint density at radius 1 is 1.50 bits per heavy atom. The van der Waals surface area contributed by atoms with E-state index in [0.717, 1.165) is 24.6 Å². The Bertz CT molecular complexity index is 442. The first kappa shape index (κ1) is 12.9. The number of anilines is 1. The highest BCUT2D eigenvalue weighted by Crippen LogP contribution is 2.29. The zero-order valence-corrected chi connectivity index (χ0v) is 11.1. The van der Waals surface area contributed by atoms with Gasteiger partial charge in [-0.2, -0.15) is 0 Å². The topological polar surface area (TPSA) is 40.5 Å². The minimum Gasteiger partial charge on any atom is -0.478 e. The third kappa shape index (κ3) is 2.66. The van der Waals surface area contributed by atoms with Crippen molar-refractivity contribution in [3.05, 3.63) is 29.3 Å². The summed E-state index contributed by atoms with van der Waals surface area (Å²) < 4.78 is 0. The van der Waals surface area contributed by atoms with Crippen LogP contribution in [0, 0.1) is 12.8 Å². The molecule has 1 aliphatic rings. The van der Waals surface area contributed by atoms with Crippen LogP contribution in [0.1, 0.15) is 42.1 Å². The smallest absolute Gasteiger partial charge is 0.335 e. The molecule has 1 fully saturated rings. The van der Waals surface area contributed by atoms with Gasteiger partial charge >= 0.3 is 5.97 Å². The predicted molar refractivity (Wildman–Crippen MR) is 73.4 cm³/mol. The van der Waals surface area contributed by atoms with Crippen LogP contribution in [0.5, 0.6) is 0 Å². The zero-order chi connectivity index (χ0) is 13.1. The molecule has 1 aromatic carbocycles. The molecular formula is C15H21NO2. The third-order valence-electron chi connectivity index (χ3n) is 3.77. The van der Waals surface area contributed by atoms with Crippen LogP contribution >= 0.6 is 0 Å². The van der Waals surface area contributed by atoms with Crippen LogP contribution < -0.4 is 4.90 Å². The van der Waals surface area contributed by atoms with Gasteiger partial charge in [0.2, 0.25) is 0 Å². The molecule has 0 amide bonds. The molecule has 1 unspecified atom stereocenters. The summed E-state index contributed by atoms with van der Waals surface area (Å²) in [6.45, 7) is 6.43. The molecule has 3 nitrogen and oxygen atoms in total. The van der Waals surface area contributed by atoms with Gasteiger partial charge in [-0.05, 0) is 49.4 Å². The molecule has 0 saturated carbocycles. The number of rotatable bonds is 4. The van der Waals surface area contributed by atoms with Crippen molar-refractivity contribution >= 4 is 11.7 Å². The first-order chi connectivity index (χ1) is 8.61. The maximum absolute atomic E-state index is 10.9. The van der Waals surface area contributed by atoms with E-state index in [1.54, 1.807) is 12.1 Å². The van der Waals surface area contributed by atoms with Gasteiger partial charge in [-0.3, -0.25) is 0 Å². The Morgan fingerprint density at radius 2 is 2.28 bits per heavy atom. The highest BCUT2D eigenvalue weighted by molar-refractivity contribution is 5.88. The SMILES string of the molecule is CCCC1CCN(c2ccc(C(=O)O)cc2C)C1. The van der Waals surface area contributed by atoms with E-state index in [2.05, 4.69) is 11.8 Å². The van der Waals surface area contributed by atoms with Gasteiger partial charge in [0.05, 0.1) is 5.56 Å². The van der Waals surface area contributed by atoms with Crippen molar-refractivity contribution in [2.24, 2.45) is 5.92 Å². The first-order valence-electron chi connectivity index (χ1n) is 6.70.